The van der Waals surface area contributed by atoms with E-state index in [1.54, 1.807) is 18.0 Å². The summed E-state index contributed by atoms with van der Waals surface area (Å²) in [6.07, 6.45) is 1.78. The van der Waals surface area contributed by atoms with E-state index in [1.807, 2.05) is 60.1 Å². The van der Waals surface area contributed by atoms with Crippen LogP contribution in [0.3, 0.4) is 0 Å². The molecule has 0 spiro atoms. The van der Waals surface area contributed by atoms with Crippen molar-refractivity contribution in [3.8, 4) is 17.1 Å². The lowest BCUT2D eigenvalue weighted by atomic mass is 9.98. The number of anilines is 1. The van der Waals surface area contributed by atoms with E-state index < -0.39 is 6.04 Å². The molecule has 0 saturated carbocycles. The molecule has 0 radical (unpaired) electrons. The number of para-hydroxylation sites is 1. The maximum atomic E-state index is 12.9. The topological polar surface area (TPSA) is 69.0 Å². The van der Waals surface area contributed by atoms with Gasteiger partial charge in [-0.15, -0.1) is 11.8 Å². The number of pyridine rings is 1. The minimum absolute atomic E-state index is 0.0560. The second-order valence-corrected chi connectivity index (χ2v) is 10.3. The minimum atomic E-state index is -0.504. The molecule has 0 unspecified atom stereocenters. The lowest BCUT2D eigenvalue weighted by Gasteiger charge is -2.19. The number of halogens is 1. The van der Waals surface area contributed by atoms with Crippen molar-refractivity contribution in [3.63, 3.8) is 0 Å². The molecule has 2 aromatic carbocycles. The number of ether oxygens (including phenoxy) is 1. The van der Waals surface area contributed by atoms with Gasteiger partial charge in [0, 0.05) is 22.0 Å². The zero-order valence-electron chi connectivity index (χ0n) is 19.4. The van der Waals surface area contributed by atoms with Gasteiger partial charge >= 0.3 is 5.97 Å². The number of benzene rings is 2. The fraction of sp³-hybridized carbons (Fsp3) is 0.222. The molecule has 5 rings (SSSR count). The molecule has 4 aromatic rings. The predicted octanol–water partition coefficient (Wildman–Crippen LogP) is 6.19. The predicted molar refractivity (Wildman–Crippen MR) is 144 cm³/mol. The highest BCUT2D eigenvalue weighted by molar-refractivity contribution is 9.10. The van der Waals surface area contributed by atoms with Crippen LogP contribution in [0, 0.1) is 6.92 Å². The van der Waals surface area contributed by atoms with E-state index in [-0.39, 0.29) is 11.2 Å². The van der Waals surface area contributed by atoms with E-state index in [1.165, 1.54) is 5.56 Å². The molecule has 6 nitrogen and oxygen atoms in total. The van der Waals surface area contributed by atoms with Crippen LogP contribution in [0.25, 0.3) is 17.1 Å². The summed E-state index contributed by atoms with van der Waals surface area (Å²) in [7, 11) is 0. The Labute approximate surface area is 217 Å². The first-order valence-electron chi connectivity index (χ1n) is 11.5. The molecule has 0 bridgehead atoms. The highest BCUT2D eigenvalue weighted by Gasteiger charge is 2.36. The highest BCUT2D eigenvalue weighted by atomic mass is 79.9. The zero-order chi connectivity index (χ0) is 24.4. The van der Waals surface area contributed by atoms with Crippen molar-refractivity contribution in [3.05, 3.63) is 94.1 Å². The van der Waals surface area contributed by atoms with Crippen LogP contribution < -0.4 is 5.32 Å². The third-order valence-corrected chi connectivity index (χ3v) is 7.76. The molecule has 8 heteroatoms. The summed E-state index contributed by atoms with van der Waals surface area (Å²) in [5.74, 6) is 1.08. The number of rotatable bonds is 5. The standard InChI is InChI=1S/C27H25BrN4O2S/c1-3-34-27(33)22-16-35-25(20-13-12-18(28)15-17(20)2)23-24(21-11-7-8-14-29-21)31-32(26(23)30-22)19-9-5-4-6-10-19/h4-15,22,25,30H,3,16H2,1-2H3/t22-,25-/m0/s1. The number of nitrogens with zero attached hydrogens (tertiary/aromatic N) is 3. The number of aromatic nitrogens is 3. The van der Waals surface area contributed by atoms with Crippen LogP contribution >= 0.6 is 27.7 Å². The molecule has 1 aliphatic rings. The van der Waals surface area contributed by atoms with Crippen LogP contribution in [-0.2, 0) is 9.53 Å². The van der Waals surface area contributed by atoms with Crippen LogP contribution in [0.5, 0.6) is 0 Å². The van der Waals surface area contributed by atoms with Crippen molar-refractivity contribution in [1.82, 2.24) is 14.8 Å². The van der Waals surface area contributed by atoms with Crippen LogP contribution in [-0.4, -0.2) is 39.1 Å². The Morgan fingerprint density at radius 1 is 1.17 bits per heavy atom. The Kier molecular flexibility index (Phi) is 6.92. The average molecular weight is 549 g/mol. The highest BCUT2D eigenvalue weighted by Crippen LogP contribution is 2.48. The molecule has 1 aliphatic heterocycles. The van der Waals surface area contributed by atoms with Crippen LogP contribution in [0.4, 0.5) is 5.82 Å². The molecule has 2 aromatic heterocycles. The van der Waals surface area contributed by atoms with Gasteiger partial charge in [-0.05, 0) is 61.4 Å². The lowest BCUT2D eigenvalue weighted by Crippen LogP contribution is -2.34. The Bertz CT molecular complexity index is 1340. The quantitative estimate of drug-likeness (QED) is 0.300. The van der Waals surface area contributed by atoms with E-state index in [0.29, 0.717) is 12.4 Å². The summed E-state index contributed by atoms with van der Waals surface area (Å²) in [6.45, 7) is 4.28. The number of hydrogen-bond donors (Lipinski definition) is 1. The Morgan fingerprint density at radius 2 is 1.97 bits per heavy atom. The zero-order valence-corrected chi connectivity index (χ0v) is 21.8. The van der Waals surface area contributed by atoms with Crippen LogP contribution in [0.2, 0.25) is 0 Å². The van der Waals surface area contributed by atoms with E-state index in [9.17, 15) is 4.79 Å². The molecule has 0 amide bonds. The summed E-state index contributed by atoms with van der Waals surface area (Å²) < 4.78 is 8.33. The number of esters is 1. The number of carbonyl (C=O) groups is 1. The minimum Gasteiger partial charge on any atom is -0.464 e. The molecule has 0 saturated heterocycles. The first-order valence-corrected chi connectivity index (χ1v) is 13.3. The molecule has 2 atom stereocenters. The van der Waals surface area contributed by atoms with Crippen LogP contribution in [0.15, 0.2) is 77.4 Å². The lowest BCUT2D eigenvalue weighted by molar-refractivity contribution is -0.143. The van der Waals surface area contributed by atoms with Gasteiger partial charge in [-0.1, -0.05) is 46.3 Å². The maximum absolute atomic E-state index is 12.9. The number of thioether (sulfide) groups is 1. The van der Waals surface area contributed by atoms with Crippen molar-refractivity contribution >= 4 is 39.5 Å². The van der Waals surface area contributed by atoms with Crippen molar-refractivity contribution in [1.29, 1.82) is 0 Å². The molecule has 0 fully saturated rings. The summed E-state index contributed by atoms with van der Waals surface area (Å²) in [5.41, 5.74) is 5.83. The molecular formula is C27H25BrN4O2S. The van der Waals surface area contributed by atoms with Gasteiger partial charge in [-0.25, -0.2) is 9.48 Å². The van der Waals surface area contributed by atoms with Gasteiger partial charge < -0.3 is 10.1 Å². The summed E-state index contributed by atoms with van der Waals surface area (Å²) in [6, 6.07) is 21.6. The fourth-order valence-corrected chi connectivity index (χ4v) is 6.21. The van der Waals surface area contributed by atoms with Gasteiger partial charge in [-0.2, -0.15) is 5.10 Å². The fourth-order valence-electron chi connectivity index (χ4n) is 4.30. The molecule has 1 N–H and O–H groups in total. The molecule has 0 aliphatic carbocycles. The summed E-state index contributed by atoms with van der Waals surface area (Å²) >= 11 is 5.31. The maximum Gasteiger partial charge on any atom is 0.329 e. The Morgan fingerprint density at radius 3 is 2.69 bits per heavy atom. The number of hydrogen-bond acceptors (Lipinski definition) is 6. The molecular weight excluding hydrogens is 524 g/mol. The Balaban J connectivity index is 1.77. The summed E-state index contributed by atoms with van der Waals surface area (Å²) in [4.78, 5) is 17.5. The number of carbonyl (C=O) groups excluding carboxylic acids is 1. The second-order valence-electron chi connectivity index (χ2n) is 8.24. The first kappa shape index (κ1) is 23.6. The number of fused-ring (bicyclic) bond motifs is 1. The third-order valence-electron chi connectivity index (χ3n) is 5.92. The number of aryl methyl sites for hydroxylation is 1. The van der Waals surface area contributed by atoms with E-state index >= 15 is 0 Å². The third kappa shape index (κ3) is 4.73. The smallest absolute Gasteiger partial charge is 0.329 e. The average Bonchev–Trinajstić information content (AvgIpc) is 3.13. The second kappa shape index (κ2) is 10.3. The monoisotopic (exact) mass is 548 g/mol. The first-order chi connectivity index (χ1) is 17.1. The SMILES string of the molecule is CCOC(=O)[C@@H]1CS[C@@H](c2ccc(Br)cc2C)c2c(-c3ccccn3)nn(-c3ccccc3)c2N1. The largest absolute Gasteiger partial charge is 0.464 e. The van der Waals surface area contributed by atoms with Gasteiger partial charge in [0.1, 0.15) is 17.6 Å². The van der Waals surface area contributed by atoms with Gasteiger partial charge in [0.05, 0.1) is 23.2 Å². The number of nitrogens with one attached hydrogen (secondary N) is 1. The van der Waals surface area contributed by atoms with Gasteiger partial charge in [0.15, 0.2) is 0 Å². The van der Waals surface area contributed by atoms with Crippen molar-refractivity contribution in [2.75, 3.05) is 17.7 Å². The van der Waals surface area contributed by atoms with E-state index in [0.717, 1.165) is 38.5 Å². The summed E-state index contributed by atoms with van der Waals surface area (Å²) in [5, 5.41) is 8.50. The van der Waals surface area contributed by atoms with E-state index in [2.05, 4.69) is 51.4 Å². The van der Waals surface area contributed by atoms with Gasteiger partial charge in [0.2, 0.25) is 0 Å². The van der Waals surface area contributed by atoms with Crippen molar-refractivity contribution < 1.29 is 9.53 Å². The molecule has 35 heavy (non-hydrogen) atoms. The van der Waals surface area contributed by atoms with Crippen LogP contribution in [0.1, 0.15) is 28.9 Å². The normalized spacial score (nSPS) is 17.2. The van der Waals surface area contributed by atoms with Gasteiger partial charge in [0.25, 0.3) is 0 Å². The van der Waals surface area contributed by atoms with Crippen molar-refractivity contribution in [2.24, 2.45) is 0 Å². The molecule has 178 valence electrons. The van der Waals surface area contributed by atoms with E-state index in [4.69, 9.17) is 9.84 Å². The van der Waals surface area contributed by atoms with Gasteiger partial charge in [-0.3, -0.25) is 4.98 Å². The molecule has 3 heterocycles. The van der Waals surface area contributed by atoms with Crippen molar-refractivity contribution in [2.45, 2.75) is 25.1 Å². The Hall–Kier alpha value is -3.10.